The van der Waals surface area contributed by atoms with Crippen molar-refractivity contribution in [3.05, 3.63) is 24.2 Å². The highest BCUT2D eigenvalue weighted by Crippen LogP contribution is 2.44. The van der Waals surface area contributed by atoms with E-state index < -0.39 is 23.9 Å². The van der Waals surface area contributed by atoms with Crippen LogP contribution in [0.2, 0.25) is 0 Å². The molecule has 0 amide bonds. The molecule has 0 aliphatic rings. The Balaban J connectivity index is 3.03. The van der Waals surface area contributed by atoms with Crippen molar-refractivity contribution < 1.29 is 26.4 Å². The standard InChI is InChI=1S/C8H8F5NO/c1-14-6(5-3-2-4-15-5)7(9,10)8(11,12)13/h2-4,6,14H,1H3. The molecule has 0 aliphatic carbocycles. The SMILES string of the molecule is CNC(c1ccco1)C(F)(F)C(F)(F)F. The van der Waals surface area contributed by atoms with Crippen LogP contribution in [0.1, 0.15) is 11.8 Å². The maximum atomic E-state index is 12.9. The minimum absolute atomic E-state index is 0.458. The molecule has 86 valence electrons. The van der Waals surface area contributed by atoms with Crippen molar-refractivity contribution >= 4 is 0 Å². The average Bonchev–Trinajstić information content (AvgIpc) is 2.55. The topological polar surface area (TPSA) is 25.2 Å². The van der Waals surface area contributed by atoms with E-state index in [9.17, 15) is 22.0 Å². The summed E-state index contributed by atoms with van der Waals surface area (Å²) in [6, 6.07) is 0.0833. The van der Waals surface area contributed by atoms with Gasteiger partial charge < -0.3 is 9.73 Å². The lowest BCUT2D eigenvalue weighted by Gasteiger charge is -2.26. The summed E-state index contributed by atoms with van der Waals surface area (Å²) in [5.74, 6) is -5.33. The van der Waals surface area contributed by atoms with E-state index in [1.165, 1.54) is 6.07 Å². The smallest absolute Gasteiger partial charge is 0.455 e. The Labute approximate surface area is 82.1 Å². The minimum Gasteiger partial charge on any atom is -0.467 e. The van der Waals surface area contributed by atoms with Crippen molar-refractivity contribution in [3.8, 4) is 0 Å². The van der Waals surface area contributed by atoms with Crippen LogP contribution in [-0.2, 0) is 0 Å². The van der Waals surface area contributed by atoms with Gasteiger partial charge in [0, 0.05) is 0 Å². The minimum atomic E-state index is -5.62. The summed E-state index contributed by atoms with van der Waals surface area (Å²) < 4.78 is 66.4. The van der Waals surface area contributed by atoms with Crippen LogP contribution in [0.4, 0.5) is 22.0 Å². The van der Waals surface area contributed by atoms with E-state index in [2.05, 4.69) is 4.42 Å². The summed E-state index contributed by atoms with van der Waals surface area (Å²) in [4.78, 5) is 0. The molecule has 1 aromatic rings. The number of halogens is 5. The maximum Gasteiger partial charge on any atom is 0.455 e. The fourth-order valence-electron chi connectivity index (χ4n) is 1.12. The molecule has 1 aromatic heterocycles. The second-order valence-electron chi connectivity index (χ2n) is 2.86. The van der Waals surface area contributed by atoms with Crippen LogP contribution in [0.15, 0.2) is 22.8 Å². The molecule has 0 saturated heterocycles. The second-order valence-corrected chi connectivity index (χ2v) is 2.86. The molecule has 1 rings (SSSR count). The lowest BCUT2D eigenvalue weighted by atomic mass is 10.1. The van der Waals surface area contributed by atoms with Gasteiger partial charge in [-0.3, -0.25) is 0 Å². The molecule has 1 unspecified atom stereocenters. The molecule has 0 radical (unpaired) electrons. The van der Waals surface area contributed by atoms with Gasteiger partial charge in [0.1, 0.15) is 11.8 Å². The van der Waals surface area contributed by atoms with Crippen molar-refractivity contribution in [1.29, 1.82) is 0 Å². The monoisotopic (exact) mass is 229 g/mol. The van der Waals surface area contributed by atoms with E-state index in [1.807, 2.05) is 5.32 Å². The average molecular weight is 229 g/mol. The predicted octanol–water partition coefficient (Wildman–Crippen LogP) is 2.74. The van der Waals surface area contributed by atoms with Crippen LogP contribution in [0.3, 0.4) is 0 Å². The first-order valence-corrected chi connectivity index (χ1v) is 3.96. The van der Waals surface area contributed by atoms with E-state index in [0.717, 1.165) is 19.4 Å². The van der Waals surface area contributed by atoms with Gasteiger partial charge in [-0.15, -0.1) is 0 Å². The molecular weight excluding hydrogens is 221 g/mol. The Morgan fingerprint density at radius 2 is 1.87 bits per heavy atom. The molecular formula is C8H8F5NO. The lowest BCUT2D eigenvalue weighted by Crippen LogP contribution is -2.46. The molecule has 2 nitrogen and oxygen atoms in total. The Bertz CT molecular complexity index is 305. The van der Waals surface area contributed by atoms with Crippen molar-refractivity contribution in [3.63, 3.8) is 0 Å². The van der Waals surface area contributed by atoms with Gasteiger partial charge in [0.05, 0.1) is 6.26 Å². The van der Waals surface area contributed by atoms with Crippen LogP contribution < -0.4 is 5.32 Å². The molecule has 7 heteroatoms. The number of rotatable bonds is 3. The molecule has 0 fully saturated rings. The third kappa shape index (κ3) is 2.11. The Morgan fingerprint density at radius 1 is 1.27 bits per heavy atom. The van der Waals surface area contributed by atoms with E-state index in [-0.39, 0.29) is 0 Å². The summed E-state index contributed by atoms with van der Waals surface area (Å²) in [7, 11) is 1.01. The summed E-state index contributed by atoms with van der Waals surface area (Å²) >= 11 is 0. The summed E-state index contributed by atoms with van der Waals surface area (Å²) in [6.07, 6.45) is -4.58. The summed E-state index contributed by atoms with van der Waals surface area (Å²) in [6.45, 7) is 0. The van der Waals surface area contributed by atoms with Crippen LogP contribution in [0.5, 0.6) is 0 Å². The van der Waals surface area contributed by atoms with E-state index in [4.69, 9.17) is 0 Å². The third-order valence-electron chi connectivity index (χ3n) is 1.86. The predicted molar refractivity (Wildman–Crippen MR) is 41.5 cm³/mol. The van der Waals surface area contributed by atoms with Gasteiger partial charge in [-0.2, -0.15) is 22.0 Å². The normalized spacial score (nSPS) is 15.3. The van der Waals surface area contributed by atoms with Crippen molar-refractivity contribution in [2.75, 3.05) is 7.05 Å². The number of alkyl halides is 5. The quantitative estimate of drug-likeness (QED) is 0.806. The van der Waals surface area contributed by atoms with Gasteiger partial charge >= 0.3 is 12.1 Å². The highest BCUT2D eigenvalue weighted by molar-refractivity contribution is 5.09. The molecule has 0 bridgehead atoms. The summed E-state index contributed by atoms with van der Waals surface area (Å²) in [5.41, 5.74) is 0. The van der Waals surface area contributed by atoms with E-state index >= 15 is 0 Å². The van der Waals surface area contributed by atoms with Gasteiger partial charge in [-0.05, 0) is 19.2 Å². The lowest BCUT2D eigenvalue weighted by molar-refractivity contribution is -0.295. The molecule has 0 saturated carbocycles. The van der Waals surface area contributed by atoms with Crippen LogP contribution in [0.25, 0.3) is 0 Å². The first kappa shape index (κ1) is 12.0. The molecule has 1 heterocycles. The number of nitrogens with one attached hydrogen (secondary N) is 1. The van der Waals surface area contributed by atoms with Gasteiger partial charge in [0.2, 0.25) is 0 Å². The zero-order valence-electron chi connectivity index (χ0n) is 7.61. The van der Waals surface area contributed by atoms with Crippen LogP contribution in [0, 0.1) is 0 Å². The first-order chi connectivity index (χ1) is 6.80. The van der Waals surface area contributed by atoms with Gasteiger partial charge in [0.25, 0.3) is 0 Å². The second kappa shape index (κ2) is 3.80. The zero-order valence-corrected chi connectivity index (χ0v) is 7.61. The van der Waals surface area contributed by atoms with E-state index in [1.54, 1.807) is 0 Å². The van der Waals surface area contributed by atoms with Crippen LogP contribution in [-0.4, -0.2) is 19.1 Å². The largest absolute Gasteiger partial charge is 0.467 e. The fraction of sp³-hybridized carbons (Fsp3) is 0.500. The first-order valence-electron chi connectivity index (χ1n) is 3.96. The van der Waals surface area contributed by atoms with Gasteiger partial charge in [-0.25, -0.2) is 0 Å². The fourth-order valence-corrected chi connectivity index (χ4v) is 1.12. The Hall–Kier alpha value is -1.11. The molecule has 0 aromatic carbocycles. The Kier molecular flexibility index (Phi) is 3.03. The molecule has 0 spiro atoms. The van der Waals surface area contributed by atoms with Crippen molar-refractivity contribution in [2.45, 2.75) is 18.1 Å². The molecule has 1 atom stereocenters. The van der Waals surface area contributed by atoms with E-state index in [0.29, 0.717) is 0 Å². The van der Waals surface area contributed by atoms with Crippen molar-refractivity contribution in [2.24, 2.45) is 0 Å². The molecule has 15 heavy (non-hydrogen) atoms. The highest BCUT2D eigenvalue weighted by atomic mass is 19.4. The maximum absolute atomic E-state index is 12.9. The van der Waals surface area contributed by atoms with Gasteiger partial charge in [0.15, 0.2) is 0 Å². The zero-order chi connectivity index (χ0) is 11.7. The van der Waals surface area contributed by atoms with Gasteiger partial charge in [-0.1, -0.05) is 0 Å². The number of hydrogen-bond donors (Lipinski definition) is 1. The summed E-state index contributed by atoms with van der Waals surface area (Å²) in [5, 5.41) is 1.89. The highest BCUT2D eigenvalue weighted by Gasteiger charge is 2.63. The third-order valence-corrected chi connectivity index (χ3v) is 1.86. The Morgan fingerprint density at radius 3 is 2.20 bits per heavy atom. The van der Waals surface area contributed by atoms with Crippen molar-refractivity contribution in [1.82, 2.24) is 5.32 Å². The molecule has 1 N–H and O–H groups in total. The van der Waals surface area contributed by atoms with Crippen LogP contribution >= 0.6 is 0 Å². The molecule has 0 aliphatic heterocycles. The number of hydrogen-bond acceptors (Lipinski definition) is 2. The number of furan rings is 1.